The summed E-state index contributed by atoms with van der Waals surface area (Å²) in [5.74, 6) is 0. The molecule has 0 aromatic rings. The van der Waals surface area contributed by atoms with Crippen molar-refractivity contribution in [3.8, 4) is 0 Å². The Morgan fingerprint density at radius 2 is 1.33 bits per heavy atom. The van der Waals surface area contributed by atoms with Crippen LogP contribution in [0.3, 0.4) is 0 Å². The van der Waals surface area contributed by atoms with E-state index in [4.69, 9.17) is 10.2 Å². The molecule has 0 aromatic heterocycles. The van der Waals surface area contributed by atoms with Crippen molar-refractivity contribution in [2.24, 2.45) is 0 Å². The van der Waals surface area contributed by atoms with Crippen molar-refractivity contribution in [3.63, 3.8) is 0 Å². The fourth-order valence-corrected chi connectivity index (χ4v) is 0. The minimum atomic E-state index is 0. The van der Waals surface area contributed by atoms with Crippen molar-refractivity contribution in [3.05, 3.63) is 0 Å². The van der Waals surface area contributed by atoms with Crippen LogP contribution in [0.5, 0.6) is 0 Å². The Kier molecular flexibility index (Phi) is 109. The fraction of sp³-hybridized carbons (Fsp3) is 1.00. The maximum Gasteiger partial charge on any atom is 0 e. The van der Waals surface area contributed by atoms with Crippen LogP contribution >= 0.6 is 0 Å². The van der Waals surface area contributed by atoms with Crippen molar-refractivity contribution in [1.82, 2.24) is 0 Å². The Balaban J connectivity index is -0.0000000275. The van der Waals surface area contributed by atoms with Gasteiger partial charge in [-0.3, -0.25) is 0 Å². The third-order valence-electron chi connectivity index (χ3n) is 0. The summed E-state index contributed by atoms with van der Waals surface area (Å²) in [6.07, 6.45) is 0. The Labute approximate surface area is 57.0 Å². The van der Waals surface area contributed by atoms with Crippen molar-refractivity contribution >= 4 is 25.8 Å². The summed E-state index contributed by atoms with van der Waals surface area (Å²) in [4.78, 5) is 0. The van der Waals surface area contributed by atoms with E-state index in [-0.39, 0.29) is 32.5 Å². The average molecular weight is 191 g/mol. The second-order valence-corrected chi connectivity index (χ2v) is 0.289. The van der Waals surface area contributed by atoms with Crippen LogP contribution in [0, 0.1) is 0 Å². The molecule has 2 nitrogen and oxygen atoms in total. The molecule has 0 saturated carbocycles. The van der Waals surface area contributed by atoms with Gasteiger partial charge in [-0.25, -0.2) is 0 Å². The largest absolute Gasteiger partial charge is 0.857 e. The van der Waals surface area contributed by atoms with Crippen LogP contribution in [0.2, 0.25) is 0 Å². The molecule has 0 rings (SSSR count). The van der Waals surface area contributed by atoms with Crippen LogP contribution in [0.15, 0.2) is 0 Å². The van der Waals surface area contributed by atoms with Crippen molar-refractivity contribution in [1.29, 1.82) is 0 Å². The van der Waals surface area contributed by atoms with Crippen LogP contribution in [-0.2, 0) is 0 Å². The van der Waals surface area contributed by atoms with Crippen LogP contribution in [0.4, 0.5) is 0 Å². The molecule has 0 aliphatic rings. The van der Waals surface area contributed by atoms with Gasteiger partial charge < -0.3 is 10.2 Å². The van der Waals surface area contributed by atoms with E-state index in [1.807, 2.05) is 0 Å². The molecular weight excluding hydrogens is 183 g/mol. The van der Waals surface area contributed by atoms with Crippen LogP contribution < -0.4 is 10.2 Å². The molecule has 6 heavy (non-hydrogen) atoms. The first-order valence-electron chi connectivity index (χ1n) is 1.40. The molecule has 0 bridgehead atoms. The van der Waals surface area contributed by atoms with Crippen molar-refractivity contribution in [2.75, 3.05) is 13.7 Å². The standard InChI is InChI=1S/C2H5O.CH3O.In/c1-2-3;1-2;/h2H2,1H3;1H3;/q2*-1;. The first kappa shape index (κ1) is 15.8. The van der Waals surface area contributed by atoms with E-state index in [0.717, 1.165) is 7.11 Å². The molecule has 3 heteroatoms. The second-order valence-electron chi connectivity index (χ2n) is 0.289. The van der Waals surface area contributed by atoms with Gasteiger partial charge in [0.1, 0.15) is 0 Å². The Morgan fingerprint density at radius 3 is 1.33 bits per heavy atom. The van der Waals surface area contributed by atoms with E-state index in [0.29, 0.717) is 0 Å². The van der Waals surface area contributed by atoms with Gasteiger partial charge in [0.2, 0.25) is 0 Å². The normalized spacial score (nSPS) is 4.00. The summed E-state index contributed by atoms with van der Waals surface area (Å²) >= 11 is 0. The van der Waals surface area contributed by atoms with Gasteiger partial charge in [0.25, 0.3) is 0 Å². The van der Waals surface area contributed by atoms with Crippen LogP contribution in [0.1, 0.15) is 6.92 Å². The molecule has 0 fully saturated rings. The second kappa shape index (κ2) is 41.5. The summed E-state index contributed by atoms with van der Waals surface area (Å²) in [6, 6.07) is 0. The van der Waals surface area contributed by atoms with Gasteiger partial charge in [0, 0.05) is 25.8 Å². The SMILES string of the molecule is CC[O-].C[O-].[In]. The Hall–Kier alpha value is 0.790. The van der Waals surface area contributed by atoms with Gasteiger partial charge in [-0.2, -0.15) is 7.11 Å². The number of rotatable bonds is 0. The topological polar surface area (TPSA) is 46.1 Å². The fourth-order valence-electron chi connectivity index (χ4n) is 0. The molecule has 0 aliphatic heterocycles. The summed E-state index contributed by atoms with van der Waals surface area (Å²) in [6.45, 7) is 1.57. The zero-order chi connectivity index (χ0) is 4.71. The monoisotopic (exact) mass is 191 g/mol. The van der Waals surface area contributed by atoms with Crippen LogP contribution in [-0.4, -0.2) is 39.6 Å². The molecule has 0 atom stereocenters. The van der Waals surface area contributed by atoms with Gasteiger partial charge in [0.15, 0.2) is 0 Å². The zero-order valence-corrected chi connectivity index (χ0v) is 7.40. The number of hydrogen-bond acceptors (Lipinski definition) is 2. The zero-order valence-electron chi connectivity index (χ0n) is 4.10. The summed E-state index contributed by atoms with van der Waals surface area (Å²) in [7, 11) is 0.750. The predicted molar refractivity (Wildman–Crippen MR) is 22.2 cm³/mol. The van der Waals surface area contributed by atoms with E-state index in [9.17, 15) is 0 Å². The van der Waals surface area contributed by atoms with Gasteiger partial charge >= 0.3 is 0 Å². The molecule has 0 aliphatic carbocycles. The third kappa shape index (κ3) is 110. The van der Waals surface area contributed by atoms with Gasteiger partial charge in [-0.05, 0) is 0 Å². The summed E-state index contributed by atoms with van der Waals surface area (Å²) in [5, 5.41) is 17.2. The molecule has 0 heterocycles. The van der Waals surface area contributed by atoms with E-state index in [1.165, 1.54) is 0 Å². The smallest absolute Gasteiger partial charge is 0 e. The molecule has 37 valence electrons. The van der Waals surface area contributed by atoms with E-state index in [1.54, 1.807) is 6.92 Å². The molecule has 0 spiro atoms. The first-order valence-corrected chi connectivity index (χ1v) is 1.40. The minimum Gasteiger partial charge on any atom is -0.857 e. The first-order chi connectivity index (χ1) is 2.41. The molecule has 0 amide bonds. The van der Waals surface area contributed by atoms with Gasteiger partial charge in [-0.15, -0.1) is 6.61 Å². The molecule has 0 unspecified atom stereocenters. The van der Waals surface area contributed by atoms with Gasteiger partial charge in [-0.1, -0.05) is 6.92 Å². The molecule has 0 aromatic carbocycles. The number of hydrogen-bond donors (Lipinski definition) is 0. The quantitative estimate of drug-likeness (QED) is 0.442. The molecule has 0 N–H and O–H groups in total. The predicted octanol–water partition coefficient (Wildman–Crippen LogP) is -2.04. The van der Waals surface area contributed by atoms with Crippen LogP contribution in [0.25, 0.3) is 0 Å². The van der Waals surface area contributed by atoms with Crippen molar-refractivity contribution < 1.29 is 10.2 Å². The third-order valence-corrected chi connectivity index (χ3v) is 0. The Morgan fingerprint density at radius 1 is 1.33 bits per heavy atom. The van der Waals surface area contributed by atoms with E-state index < -0.39 is 0 Å². The Bertz CT molecular complexity index is 8.75. The minimum absolute atomic E-state index is 0. The summed E-state index contributed by atoms with van der Waals surface area (Å²) in [5.41, 5.74) is 0. The van der Waals surface area contributed by atoms with Gasteiger partial charge in [0.05, 0.1) is 0 Å². The maximum absolute atomic E-state index is 8.93. The van der Waals surface area contributed by atoms with Crippen molar-refractivity contribution in [2.45, 2.75) is 6.92 Å². The average Bonchev–Trinajstić information content (AvgIpc) is 1.46. The van der Waals surface area contributed by atoms with E-state index in [2.05, 4.69) is 0 Å². The molecular formula is C3H8InO2-2. The molecule has 3 radical (unpaired) electrons. The van der Waals surface area contributed by atoms with E-state index >= 15 is 0 Å². The molecule has 0 saturated heterocycles. The summed E-state index contributed by atoms with van der Waals surface area (Å²) < 4.78 is 0. The maximum atomic E-state index is 8.93.